The van der Waals surface area contributed by atoms with Crippen molar-refractivity contribution in [2.45, 2.75) is 79.1 Å². The lowest BCUT2D eigenvalue weighted by Crippen LogP contribution is -2.65. The molecule has 1 aliphatic rings. The molecule has 0 radical (unpaired) electrons. The Morgan fingerprint density at radius 2 is 1.37 bits per heavy atom. The summed E-state index contributed by atoms with van der Waals surface area (Å²) in [7, 11) is 0. The molecule has 0 spiro atoms. The predicted molar refractivity (Wildman–Crippen MR) is 138 cm³/mol. The van der Waals surface area contributed by atoms with E-state index in [0.717, 1.165) is 22.4 Å². The fourth-order valence-corrected chi connectivity index (χ4v) is 4.68. The number of hydrogen-bond donors (Lipinski definition) is 0. The first-order valence-electron chi connectivity index (χ1n) is 12.4. The zero-order valence-electron chi connectivity index (χ0n) is 23.7. The van der Waals surface area contributed by atoms with Gasteiger partial charge in [0.25, 0.3) is 6.33 Å². The lowest BCUT2D eigenvalue weighted by Gasteiger charge is -2.42. The first kappa shape index (κ1) is 32.7. The van der Waals surface area contributed by atoms with Crippen molar-refractivity contribution < 1.29 is 52.5 Å². The van der Waals surface area contributed by atoms with Crippen LogP contribution in [0.15, 0.2) is 30.9 Å². The fraction of sp³-hybridized carbons (Fsp3) is 0.500. The summed E-state index contributed by atoms with van der Waals surface area (Å²) in [4.78, 5) is 55.8. The van der Waals surface area contributed by atoms with Gasteiger partial charge in [-0.25, -0.2) is 9.13 Å². The van der Waals surface area contributed by atoms with Gasteiger partial charge >= 0.3 is 23.9 Å². The number of benzene rings is 1. The lowest BCUT2D eigenvalue weighted by atomic mass is 9.97. The van der Waals surface area contributed by atoms with Crippen LogP contribution in [0.25, 0.3) is 5.69 Å². The molecule has 1 aliphatic heterocycles. The van der Waals surface area contributed by atoms with Crippen LogP contribution in [0.4, 0.5) is 0 Å². The molecular formula is C26H33N3O12. The van der Waals surface area contributed by atoms with E-state index in [9.17, 15) is 19.2 Å². The van der Waals surface area contributed by atoms with E-state index >= 15 is 0 Å². The van der Waals surface area contributed by atoms with E-state index in [1.165, 1.54) is 27.7 Å². The van der Waals surface area contributed by atoms with Crippen molar-refractivity contribution in [3.05, 3.63) is 62.9 Å². The molecule has 0 amide bonds. The molecule has 2 aromatic rings. The quantitative estimate of drug-likeness (QED) is 0.152. The van der Waals surface area contributed by atoms with Crippen LogP contribution >= 0.6 is 0 Å². The van der Waals surface area contributed by atoms with Crippen molar-refractivity contribution in [2.24, 2.45) is 0 Å². The standard InChI is InChI=1S/C26H33N2O9.NO3/c1-14-10-15(2)22(16(3)11-14)27-8-9-28(13-27)26-25(36-20(7)32)24(35-19(6)31)23(34-18(5)30)21(37-26)12-33-17(4)29;2-1(3)4/h8-11,13,21,23-26H,12H2,1-7H3;/q+1;-1/t21-,23-,24+,25-,26-;/m1./s1. The summed E-state index contributed by atoms with van der Waals surface area (Å²) in [6.07, 6.45) is -0.348. The van der Waals surface area contributed by atoms with Crippen LogP contribution in [0.2, 0.25) is 0 Å². The number of carbonyl (C=O) groups excluding carboxylic acids is 4. The van der Waals surface area contributed by atoms with Gasteiger partial charge in [0.2, 0.25) is 12.3 Å². The van der Waals surface area contributed by atoms with E-state index < -0.39 is 59.6 Å². The van der Waals surface area contributed by atoms with Gasteiger partial charge in [-0.3, -0.25) is 19.2 Å². The Labute approximate surface area is 235 Å². The normalized spacial score (nSPS) is 21.5. The van der Waals surface area contributed by atoms with Crippen molar-refractivity contribution in [1.29, 1.82) is 0 Å². The first-order chi connectivity index (χ1) is 19.1. The Morgan fingerprint density at radius 1 is 0.878 bits per heavy atom. The van der Waals surface area contributed by atoms with Gasteiger partial charge in [-0.15, -0.1) is 0 Å². The minimum atomic E-state index is -1.75. The third-order valence-corrected chi connectivity index (χ3v) is 5.81. The molecule has 0 unspecified atom stereocenters. The summed E-state index contributed by atoms with van der Waals surface area (Å²) in [5.74, 6) is -2.58. The molecule has 1 aromatic heterocycles. The monoisotopic (exact) mass is 579 g/mol. The summed E-state index contributed by atoms with van der Waals surface area (Å²) < 4.78 is 31.4. The van der Waals surface area contributed by atoms with Gasteiger partial charge in [0, 0.05) is 27.7 Å². The number of hydrogen-bond acceptors (Lipinski definition) is 12. The molecule has 41 heavy (non-hydrogen) atoms. The second-order valence-corrected chi connectivity index (χ2v) is 9.33. The lowest BCUT2D eigenvalue weighted by molar-refractivity contribution is -0.777. The topological polar surface area (TPSA) is 189 Å². The van der Waals surface area contributed by atoms with Crippen LogP contribution in [0.1, 0.15) is 50.6 Å². The van der Waals surface area contributed by atoms with Gasteiger partial charge in [-0.2, -0.15) is 0 Å². The van der Waals surface area contributed by atoms with Crippen LogP contribution in [0.3, 0.4) is 0 Å². The molecule has 15 heteroatoms. The largest absolute Gasteiger partial charge is 0.463 e. The molecule has 3 rings (SSSR count). The van der Waals surface area contributed by atoms with Crippen LogP contribution < -0.4 is 4.57 Å². The van der Waals surface area contributed by atoms with Crippen LogP contribution in [-0.4, -0.2) is 64.6 Å². The van der Waals surface area contributed by atoms with E-state index in [4.69, 9.17) is 39.0 Å². The highest BCUT2D eigenvalue weighted by atomic mass is 16.9. The molecule has 0 aliphatic carbocycles. The second-order valence-electron chi connectivity index (χ2n) is 9.33. The third kappa shape index (κ3) is 9.27. The zero-order chi connectivity index (χ0) is 31.0. The number of aryl methyl sites for hydroxylation is 3. The van der Waals surface area contributed by atoms with Gasteiger partial charge < -0.3 is 39.0 Å². The minimum absolute atomic E-state index is 0.286. The molecule has 1 fully saturated rings. The molecule has 1 saturated heterocycles. The molecule has 15 nitrogen and oxygen atoms in total. The summed E-state index contributed by atoms with van der Waals surface area (Å²) >= 11 is 0. The number of carbonyl (C=O) groups is 4. The maximum atomic E-state index is 12.1. The van der Waals surface area contributed by atoms with Crippen molar-refractivity contribution >= 4 is 23.9 Å². The highest BCUT2D eigenvalue weighted by Crippen LogP contribution is 2.32. The van der Waals surface area contributed by atoms with E-state index in [2.05, 4.69) is 12.1 Å². The number of rotatable bonds is 7. The van der Waals surface area contributed by atoms with Crippen molar-refractivity contribution in [3.63, 3.8) is 0 Å². The Bertz CT molecular complexity index is 1260. The molecule has 2 heterocycles. The maximum absolute atomic E-state index is 12.1. The molecule has 0 saturated carbocycles. The highest BCUT2D eigenvalue weighted by molar-refractivity contribution is 5.68. The summed E-state index contributed by atoms with van der Waals surface area (Å²) in [6, 6.07) is 4.14. The average molecular weight is 580 g/mol. The van der Waals surface area contributed by atoms with Gasteiger partial charge in [0.05, 0.1) is 5.09 Å². The molecule has 224 valence electrons. The summed E-state index contributed by atoms with van der Waals surface area (Å²) in [5.41, 5.74) is 4.22. The fourth-order valence-electron chi connectivity index (χ4n) is 4.68. The number of aromatic nitrogens is 2. The van der Waals surface area contributed by atoms with Crippen LogP contribution in [0.5, 0.6) is 0 Å². The Morgan fingerprint density at radius 3 is 1.85 bits per heavy atom. The summed E-state index contributed by atoms with van der Waals surface area (Å²) in [5, 5.41) is 14.8. The van der Waals surface area contributed by atoms with Crippen LogP contribution in [0, 0.1) is 36.1 Å². The van der Waals surface area contributed by atoms with Gasteiger partial charge in [0.15, 0.2) is 12.2 Å². The molecular weight excluding hydrogens is 546 g/mol. The SMILES string of the molecule is CC(=O)OC[C@H]1O[C@@H]([n+]2ccn(-c3c(C)cc(C)cc3C)c2)[C@H](OC(C)=O)[C@@H](OC(C)=O)[C@@H]1OC(C)=O.O=[N+]([O-])[O-]. The molecule has 1 aromatic carbocycles. The number of ether oxygens (including phenoxy) is 5. The Hall–Kier alpha value is -4.53. The molecule has 5 atom stereocenters. The van der Waals surface area contributed by atoms with Gasteiger partial charge in [0.1, 0.15) is 30.8 Å². The van der Waals surface area contributed by atoms with E-state index in [1.807, 2.05) is 31.5 Å². The first-order valence-corrected chi connectivity index (χ1v) is 12.4. The molecule has 0 N–H and O–H groups in total. The number of nitrogens with zero attached hydrogens (tertiary/aromatic N) is 3. The van der Waals surface area contributed by atoms with Gasteiger partial charge in [-0.1, -0.05) is 17.7 Å². The Balaban J connectivity index is 0.00000138. The van der Waals surface area contributed by atoms with E-state index in [-0.39, 0.29) is 6.61 Å². The summed E-state index contributed by atoms with van der Waals surface area (Å²) in [6.45, 7) is 10.6. The number of esters is 4. The predicted octanol–water partition coefficient (Wildman–Crippen LogP) is 1.71. The van der Waals surface area contributed by atoms with Crippen molar-refractivity contribution in [1.82, 2.24) is 4.57 Å². The number of imidazole rings is 1. The average Bonchev–Trinajstić information content (AvgIpc) is 3.28. The molecule has 0 bridgehead atoms. The van der Waals surface area contributed by atoms with Crippen molar-refractivity contribution in [2.75, 3.05) is 6.61 Å². The maximum Gasteiger partial charge on any atom is 0.303 e. The third-order valence-electron chi connectivity index (χ3n) is 5.81. The van der Waals surface area contributed by atoms with E-state index in [1.54, 1.807) is 17.1 Å². The van der Waals surface area contributed by atoms with Crippen LogP contribution in [-0.2, 0) is 42.9 Å². The second kappa shape index (κ2) is 14.2. The van der Waals surface area contributed by atoms with Crippen molar-refractivity contribution in [3.8, 4) is 5.69 Å². The Kier molecular flexibility index (Phi) is 11.3. The highest BCUT2D eigenvalue weighted by Gasteiger charge is 2.54. The van der Waals surface area contributed by atoms with Gasteiger partial charge in [-0.05, 0) is 31.9 Å². The minimum Gasteiger partial charge on any atom is -0.463 e. The smallest absolute Gasteiger partial charge is 0.303 e. The van der Waals surface area contributed by atoms with E-state index in [0.29, 0.717) is 0 Å². The zero-order valence-corrected chi connectivity index (χ0v) is 23.7.